The highest BCUT2D eigenvalue weighted by atomic mass is 16.5. The van der Waals surface area contributed by atoms with E-state index in [-0.39, 0.29) is 24.5 Å². The van der Waals surface area contributed by atoms with Crippen LogP contribution in [0.3, 0.4) is 0 Å². The van der Waals surface area contributed by atoms with E-state index in [1.54, 1.807) is 12.4 Å². The average molecular weight is 281 g/mol. The number of carbonyl (C=O) groups excluding carboxylic acids is 1. The first kappa shape index (κ1) is 13.4. The van der Waals surface area contributed by atoms with Gasteiger partial charge in [-0.2, -0.15) is 5.10 Å². The molecule has 3 N–H and O–H groups in total. The summed E-state index contributed by atoms with van der Waals surface area (Å²) in [4.78, 5) is 12.0. The van der Waals surface area contributed by atoms with Crippen molar-refractivity contribution in [3.8, 4) is 5.75 Å². The molecule has 0 spiro atoms. The zero-order chi connectivity index (χ0) is 14.0. The molecule has 2 aliphatic rings. The van der Waals surface area contributed by atoms with Gasteiger partial charge in [0.05, 0.1) is 43.7 Å². The predicted octanol–water partition coefficient (Wildman–Crippen LogP) is -0.0228. The van der Waals surface area contributed by atoms with Crippen LogP contribution in [0.15, 0.2) is 12.4 Å². The number of rotatable bonds is 5. The number of aromatic amines is 1. The fourth-order valence-electron chi connectivity index (χ4n) is 2.58. The lowest BCUT2D eigenvalue weighted by Gasteiger charge is -2.36. The first-order chi connectivity index (χ1) is 9.65. The van der Waals surface area contributed by atoms with Gasteiger partial charge >= 0.3 is 0 Å². The third kappa shape index (κ3) is 2.94. The highest BCUT2D eigenvalue weighted by molar-refractivity contribution is 5.77. The van der Waals surface area contributed by atoms with Crippen molar-refractivity contribution in [1.29, 1.82) is 0 Å². The van der Waals surface area contributed by atoms with Crippen LogP contribution in [0.1, 0.15) is 25.7 Å². The molecular formula is C13H19N3O4. The Morgan fingerprint density at radius 2 is 2.45 bits per heavy atom. The van der Waals surface area contributed by atoms with E-state index < -0.39 is 5.60 Å². The topological polar surface area (TPSA) is 96.5 Å². The quantitative estimate of drug-likeness (QED) is 0.704. The maximum absolute atomic E-state index is 12.0. The highest BCUT2D eigenvalue weighted by Crippen LogP contribution is 2.34. The Morgan fingerprint density at radius 1 is 1.60 bits per heavy atom. The van der Waals surface area contributed by atoms with E-state index in [0.717, 1.165) is 6.42 Å². The van der Waals surface area contributed by atoms with Crippen LogP contribution in [0.2, 0.25) is 0 Å². The van der Waals surface area contributed by atoms with Gasteiger partial charge in [0.2, 0.25) is 5.91 Å². The van der Waals surface area contributed by atoms with Crippen LogP contribution in [0.5, 0.6) is 5.75 Å². The highest BCUT2D eigenvalue weighted by Gasteiger charge is 2.38. The van der Waals surface area contributed by atoms with Gasteiger partial charge in [0, 0.05) is 0 Å². The molecule has 3 rings (SSSR count). The molecule has 0 unspecified atom stereocenters. The summed E-state index contributed by atoms with van der Waals surface area (Å²) in [5, 5.41) is 19.4. The number of H-pyrrole nitrogens is 1. The molecule has 1 aliphatic carbocycles. The van der Waals surface area contributed by atoms with Gasteiger partial charge in [-0.05, 0) is 19.3 Å². The van der Waals surface area contributed by atoms with Crippen molar-refractivity contribution in [2.24, 2.45) is 0 Å². The van der Waals surface area contributed by atoms with Gasteiger partial charge in [0.1, 0.15) is 6.10 Å². The monoisotopic (exact) mass is 281 g/mol. The molecule has 1 saturated heterocycles. The van der Waals surface area contributed by atoms with Crippen molar-refractivity contribution in [1.82, 2.24) is 15.5 Å². The van der Waals surface area contributed by atoms with Crippen molar-refractivity contribution in [3.63, 3.8) is 0 Å². The van der Waals surface area contributed by atoms with Crippen molar-refractivity contribution in [2.75, 3.05) is 13.2 Å². The first-order valence-corrected chi connectivity index (χ1v) is 6.90. The number of nitrogens with one attached hydrogen (secondary N) is 2. The minimum absolute atomic E-state index is 0.150. The molecule has 1 saturated carbocycles. The molecular weight excluding hydrogens is 262 g/mol. The molecule has 1 aromatic heterocycles. The van der Waals surface area contributed by atoms with Crippen molar-refractivity contribution in [3.05, 3.63) is 12.4 Å². The van der Waals surface area contributed by atoms with Gasteiger partial charge in [-0.25, -0.2) is 0 Å². The summed E-state index contributed by atoms with van der Waals surface area (Å²) in [5.74, 6) is 0.473. The molecule has 0 radical (unpaired) electrons. The molecule has 2 fully saturated rings. The van der Waals surface area contributed by atoms with Gasteiger partial charge in [-0.3, -0.25) is 9.89 Å². The summed E-state index contributed by atoms with van der Waals surface area (Å²) in [6, 6.07) is -0.193. The number of nitrogens with zero attached hydrogens (tertiary/aromatic N) is 1. The SMILES string of the molecule is O=C(CC1(O)CCC1)N[C@H]1COC[C@H]1Oc1cn[nH]c1. The summed E-state index contributed by atoms with van der Waals surface area (Å²) >= 11 is 0. The van der Waals surface area contributed by atoms with Gasteiger partial charge < -0.3 is 19.9 Å². The predicted molar refractivity (Wildman–Crippen MR) is 69.2 cm³/mol. The number of aromatic nitrogens is 2. The minimum atomic E-state index is -0.801. The summed E-state index contributed by atoms with van der Waals surface area (Å²) in [6.45, 7) is 0.854. The lowest BCUT2D eigenvalue weighted by Crippen LogP contribution is -2.49. The lowest BCUT2D eigenvalue weighted by molar-refractivity contribution is -0.131. The third-order valence-corrected chi connectivity index (χ3v) is 3.91. The first-order valence-electron chi connectivity index (χ1n) is 6.90. The molecule has 0 aromatic carbocycles. The van der Waals surface area contributed by atoms with E-state index in [0.29, 0.717) is 31.8 Å². The van der Waals surface area contributed by atoms with Crippen LogP contribution in [0.25, 0.3) is 0 Å². The Hall–Kier alpha value is -1.60. The summed E-state index contributed by atoms with van der Waals surface area (Å²) in [5.41, 5.74) is -0.801. The molecule has 1 aliphatic heterocycles. The van der Waals surface area contributed by atoms with Crippen LogP contribution in [-0.2, 0) is 9.53 Å². The average Bonchev–Trinajstić information content (AvgIpc) is 3.01. The second-order valence-corrected chi connectivity index (χ2v) is 5.56. The second kappa shape index (κ2) is 5.41. The van der Waals surface area contributed by atoms with Crippen molar-refractivity contribution in [2.45, 2.75) is 43.4 Å². The Balaban J connectivity index is 1.51. The molecule has 7 heteroatoms. The van der Waals surface area contributed by atoms with Crippen LogP contribution < -0.4 is 10.1 Å². The number of aliphatic hydroxyl groups is 1. The Bertz CT molecular complexity index is 458. The fourth-order valence-corrected chi connectivity index (χ4v) is 2.58. The second-order valence-electron chi connectivity index (χ2n) is 5.56. The maximum Gasteiger partial charge on any atom is 0.223 e. The van der Waals surface area contributed by atoms with E-state index in [9.17, 15) is 9.90 Å². The van der Waals surface area contributed by atoms with E-state index in [2.05, 4.69) is 15.5 Å². The van der Waals surface area contributed by atoms with Crippen molar-refractivity contribution < 1.29 is 19.4 Å². The summed E-state index contributed by atoms with van der Waals surface area (Å²) < 4.78 is 11.1. The Kier molecular flexibility index (Phi) is 3.62. The molecule has 1 aromatic rings. The van der Waals surface area contributed by atoms with Gasteiger partial charge in [-0.15, -0.1) is 0 Å². The van der Waals surface area contributed by atoms with E-state index in [4.69, 9.17) is 9.47 Å². The van der Waals surface area contributed by atoms with Crippen LogP contribution in [0.4, 0.5) is 0 Å². The number of amides is 1. The number of hydrogen-bond donors (Lipinski definition) is 3. The molecule has 7 nitrogen and oxygen atoms in total. The fraction of sp³-hybridized carbons (Fsp3) is 0.692. The molecule has 2 atom stereocenters. The zero-order valence-corrected chi connectivity index (χ0v) is 11.2. The lowest BCUT2D eigenvalue weighted by atomic mass is 9.77. The molecule has 0 bridgehead atoms. The van der Waals surface area contributed by atoms with Crippen LogP contribution >= 0.6 is 0 Å². The standard InChI is InChI=1S/C13H19N3O4/c17-12(4-13(18)2-1-3-13)16-10-7-19-8-11(10)20-9-5-14-15-6-9/h5-6,10-11,18H,1-4,7-8H2,(H,14,15)(H,16,17)/t10-,11+/m0/s1. The van der Waals surface area contributed by atoms with Gasteiger partial charge in [0.15, 0.2) is 5.75 Å². The zero-order valence-electron chi connectivity index (χ0n) is 11.2. The maximum atomic E-state index is 12.0. The van der Waals surface area contributed by atoms with Crippen LogP contribution in [0, 0.1) is 0 Å². The number of hydrogen-bond acceptors (Lipinski definition) is 5. The van der Waals surface area contributed by atoms with Gasteiger partial charge in [-0.1, -0.05) is 0 Å². The minimum Gasteiger partial charge on any atom is -0.482 e. The number of ether oxygens (including phenoxy) is 2. The molecule has 110 valence electrons. The Labute approximate surface area is 116 Å². The van der Waals surface area contributed by atoms with E-state index in [1.807, 2.05) is 0 Å². The molecule has 1 amide bonds. The summed E-state index contributed by atoms with van der Waals surface area (Å²) in [6.07, 6.45) is 5.55. The van der Waals surface area contributed by atoms with E-state index in [1.165, 1.54) is 0 Å². The number of carbonyl (C=O) groups is 1. The Morgan fingerprint density at radius 3 is 3.10 bits per heavy atom. The molecule has 20 heavy (non-hydrogen) atoms. The largest absolute Gasteiger partial charge is 0.482 e. The van der Waals surface area contributed by atoms with Crippen LogP contribution in [-0.4, -0.2) is 52.2 Å². The molecule has 2 heterocycles. The summed E-state index contributed by atoms with van der Waals surface area (Å²) in [7, 11) is 0. The van der Waals surface area contributed by atoms with E-state index >= 15 is 0 Å². The van der Waals surface area contributed by atoms with Gasteiger partial charge in [0.25, 0.3) is 0 Å². The third-order valence-electron chi connectivity index (χ3n) is 3.91. The van der Waals surface area contributed by atoms with Crippen molar-refractivity contribution >= 4 is 5.91 Å². The smallest absolute Gasteiger partial charge is 0.223 e. The normalized spacial score (nSPS) is 27.9.